The fourth-order valence-corrected chi connectivity index (χ4v) is 5.41. The van der Waals surface area contributed by atoms with Crippen LogP contribution in [-0.4, -0.2) is 58.4 Å². The Morgan fingerprint density at radius 2 is 1.93 bits per heavy atom. The Kier molecular flexibility index (Phi) is 5.28. The summed E-state index contributed by atoms with van der Waals surface area (Å²) in [6, 6.07) is 12.1. The Balaban J connectivity index is 1.33. The summed E-state index contributed by atoms with van der Waals surface area (Å²) in [5.41, 5.74) is 2.42. The van der Waals surface area contributed by atoms with Gasteiger partial charge < -0.3 is 9.64 Å². The molecular formula is C22H22N4O2S2. The number of hydrogen-bond acceptors (Lipinski definition) is 6. The molecule has 3 aromatic heterocycles. The molecule has 0 unspecified atom stereocenters. The normalized spacial score (nSPS) is 15.0. The van der Waals surface area contributed by atoms with E-state index in [9.17, 15) is 4.79 Å². The number of methoxy groups -OCH3 is 1. The van der Waals surface area contributed by atoms with Crippen LogP contribution in [0.15, 0.2) is 53.4 Å². The van der Waals surface area contributed by atoms with Crippen LogP contribution in [0.5, 0.6) is 5.75 Å². The number of imidazole rings is 1. The number of amides is 1. The predicted molar refractivity (Wildman–Crippen MR) is 121 cm³/mol. The summed E-state index contributed by atoms with van der Waals surface area (Å²) < 4.78 is 7.38. The summed E-state index contributed by atoms with van der Waals surface area (Å²) >= 11 is 3.28. The number of carbonyl (C=O) groups is 1. The summed E-state index contributed by atoms with van der Waals surface area (Å²) in [6.07, 6.45) is 1.93. The molecule has 154 valence electrons. The lowest BCUT2D eigenvalue weighted by Gasteiger charge is -2.34. The summed E-state index contributed by atoms with van der Waals surface area (Å²) in [5.74, 6) is 0.846. The zero-order chi connectivity index (χ0) is 20.5. The molecule has 8 heteroatoms. The first-order chi connectivity index (χ1) is 14.7. The van der Waals surface area contributed by atoms with Crippen molar-refractivity contribution in [3.63, 3.8) is 0 Å². The summed E-state index contributed by atoms with van der Waals surface area (Å²) in [6.45, 7) is 4.25. The highest BCUT2D eigenvalue weighted by atomic mass is 32.1. The van der Waals surface area contributed by atoms with Crippen molar-refractivity contribution >= 4 is 33.5 Å². The highest BCUT2D eigenvalue weighted by Gasteiger charge is 2.25. The highest BCUT2D eigenvalue weighted by molar-refractivity contribution is 7.15. The SMILES string of the molecule is COc1ccccc1-c1cn2c(C(=O)N3CCN(Cc4cccs4)CC3)csc2n1. The number of fused-ring (bicyclic) bond motifs is 1. The maximum atomic E-state index is 13.2. The van der Waals surface area contributed by atoms with Crippen molar-refractivity contribution in [1.29, 1.82) is 0 Å². The van der Waals surface area contributed by atoms with Gasteiger partial charge >= 0.3 is 0 Å². The van der Waals surface area contributed by atoms with Gasteiger partial charge in [-0.1, -0.05) is 18.2 Å². The van der Waals surface area contributed by atoms with Gasteiger partial charge in [-0.2, -0.15) is 0 Å². The molecule has 0 spiro atoms. The molecule has 0 N–H and O–H groups in total. The molecule has 0 bridgehead atoms. The van der Waals surface area contributed by atoms with E-state index in [1.165, 1.54) is 16.2 Å². The van der Waals surface area contributed by atoms with Gasteiger partial charge in [0, 0.05) is 54.7 Å². The Morgan fingerprint density at radius 3 is 2.70 bits per heavy atom. The Labute approximate surface area is 183 Å². The molecule has 6 nitrogen and oxygen atoms in total. The number of benzene rings is 1. The minimum atomic E-state index is 0.0704. The number of rotatable bonds is 5. The van der Waals surface area contributed by atoms with Crippen molar-refractivity contribution in [2.24, 2.45) is 0 Å². The van der Waals surface area contributed by atoms with E-state index in [1.54, 1.807) is 18.4 Å². The van der Waals surface area contributed by atoms with Gasteiger partial charge in [-0.15, -0.1) is 22.7 Å². The molecule has 0 atom stereocenters. The van der Waals surface area contributed by atoms with Gasteiger partial charge in [0.2, 0.25) is 0 Å². The van der Waals surface area contributed by atoms with Crippen LogP contribution in [0.2, 0.25) is 0 Å². The zero-order valence-corrected chi connectivity index (χ0v) is 18.3. The third kappa shape index (κ3) is 3.62. The van der Waals surface area contributed by atoms with Crippen LogP contribution in [0, 0.1) is 0 Å². The first-order valence-corrected chi connectivity index (χ1v) is 11.6. The van der Waals surface area contributed by atoms with Crippen molar-refractivity contribution in [2.45, 2.75) is 6.54 Å². The van der Waals surface area contributed by atoms with Crippen LogP contribution in [0.25, 0.3) is 16.2 Å². The molecule has 4 heterocycles. The molecule has 30 heavy (non-hydrogen) atoms. The van der Waals surface area contributed by atoms with Crippen molar-refractivity contribution in [3.8, 4) is 17.0 Å². The van der Waals surface area contributed by atoms with Crippen LogP contribution < -0.4 is 4.74 Å². The quantitative estimate of drug-likeness (QED) is 0.471. The Morgan fingerprint density at radius 1 is 1.10 bits per heavy atom. The van der Waals surface area contributed by atoms with Crippen LogP contribution >= 0.6 is 22.7 Å². The number of carbonyl (C=O) groups excluding carboxylic acids is 1. The first kappa shape index (κ1) is 19.3. The van der Waals surface area contributed by atoms with E-state index in [0.29, 0.717) is 5.69 Å². The van der Waals surface area contributed by atoms with E-state index in [1.807, 2.05) is 45.1 Å². The van der Waals surface area contributed by atoms with Gasteiger partial charge in [0.1, 0.15) is 11.4 Å². The van der Waals surface area contributed by atoms with Gasteiger partial charge in [0.05, 0.1) is 12.8 Å². The number of ether oxygens (including phenoxy) is 1. The molecule has 1 fully saturated rings. The fraction of sp³-hybridized carbons (Fsp3) is 0.273. The third-order valence-electron chi connectivity index (χ3n) is 5.43. The molecule has 1 amide bonds. The second kappa shape index (κ2) is 8.22. The fourth-order valence-electron chi connectivity index (χ4n) is 3.82. The molecule has 1 aromatic carbocycles. The standard InChI is InChI=1S/C22H22N4O2S2/c1-28-20-7-3-2-6-17(20)18-14-26-19(15-30-22(26)23-18)21(27)25-10-8-24(9-11-25)13-16-5-4-12-29-16/h2-7,12,14-15H,8-11,13H2,1H3. The monoisotopic (exact) mass is 438 g/mol. The number of thiophene rings is 1. The van der Waals surface area contributed by atoms with E-state index >= 15 is 0 Å². The van der Waals surface area contributed by atoms with Gasteiger partial charge in [-0.25, -0.2) is 4.98 Å². The summed E-state index contributed by atoms with van der Waals surface area (Å²) in [5, 5.41) is 4.02. The predicted octanol–water partition coefficient (Wildman–Crippen LogP) is 4.09. The van der Waals surface area contributed by atoms with E-state index in [4.69, 9.17) is 9.72 Å². The molecule has 1 saturated heterocycles. The number of hydrogen-bond donors (Lipinski definition) is 0. The molecule has 5 rings (SSSR count). The zero-order valence-electron chi connectivity index (χ0n) is 16.7. The summed E-state index contributed by atoms with van der Waals surface area (Å²) in [7, 11) is 1.66. The topological polar surface area (TPSA) is 50.1 Å². The molecule has 0 aliphatic carbocycles. The van der Waals surface area contributed by atoms with E-state index in [-0.39, 0.29) is 5.91 Å². The third-order valence-corrected chi connectivity index (χ3v) is 7.13. The molecule has 4 aromatic rings. The maximum Gasteiger partial charge on any atom is 0.271 e. The molecular weight excluding hydrogens is 416 g/mol. The number of para-hydroxylation sites is 1. The summed E-state index contributed by atoms with van der Waals surface area (Å²) in [4.78, 5) is 24.5. The van der Waals surface area contributed by atoms with Crippen molar-refractivity contribution < 1.29 is 9.53 Å². The highest BCUT2D eigenvalue weighted by Crippen LogP contribution is 2.31. The first-order valence-electron chi connectivity index (χ1n) is 9.87. The molecule has 0 saturated carbocycles. The lowest BCUT2D eigenvalue weighted by Crippen LogP contribution is -2.48. The van der Waals surface area contributed by atoms with E-state index < -0.39 is 0 Å². The molecule has 1 aliphatic heterocycles. The van der Waals surface area contributed by atoms with Crippen LogP contribution in [0.3, 0.4) is 0 Å². The van der Waals surface area contributed by atoms with Crippen LogP contribution in [-0.2, 0) is 6.54 Å². The molecule has 1 aliphatic rings. The van der Waals surface area contributed by atoms with Crippen molar-refractivity contribution in [1.82, 2.24) is 19.2 Å². The van der Waals surface area contributed by atoms with E-state index in [0.717, 1.165) is 54.7 Å². The average Bonchev–Trinajstić information content (AvgIpc) is 3.51. The van der Waals surface area contributed by atoms with Gasteiger partial charge in [0.15, 0.2) is 4.96 Å². The number of nitrogens with zero attached hydrogens (tertiary/aromatic N) is 4. The van der Waals surface area contributed by atoms with E-state index in [2.05, 4.69) is 22.4 Å². The van der Waals surface area contributed by atoms with Crippen molar-refractivity contribution in [3.05, 3.63) is 63.9 Å². The van der Waals surface area contributed by atoms with Gasteiger partial charge in [0.25, 0.3) is 5.91 Å². The maximum absolute atomic E-state index is 13.2. The van der Waals surface area contributed by atoms with Crippen LogP contribution in [0.4, 0.5) is 0 Å². The second-order valence-electron chi connectivity index (χ2n) is 7.25. The van der Waals surface area contributed by atoms with Crippen LogP contribution in [0.1, 0.15) is 15.4 Å². The smallest absolute Gasteiger partial charge is 0.271 e. The van der Waals surface area contributed by atoms with Gasteiger partial charge in [-0.05, 0) is 23.6 Å². The number of aromatic nitrogens is 2. The average molecular weight is 439 g/mol. The minimum Gasteiger partial charge on any atom is -0.496 e. The lowest BCUT2D eigenvalue weighted by molar-refractivity contribution is 0.0623. The van der Waals surface area contributed by atoms with Gasteiger partial charge in [-0.3, -0.25) is 14.1 Å². The largest absolute Gasteiger partial charge is 0.496 e. The minimum absolute atomic E-state index is 0.0704. The second-order valence-corrected chi connectivity index (χ2v) is 9.12. The van der Waals surface area contributed by atoms with Crippen molar-refractivity contribution in [2.75, 3.05) is 33.3 Å². The lowest BCUT2D eigenvalue weighted by atomic mass is 10.1. The molecule has 0 radical (unpaired) electrons. The Bertz CT molecular complexity index is 1160. The number of thiazole rings is 1. The number of piperazine rings is 1. The Hall–Kier alpha value is -2.68.